The van der Waals surface area contributed by atoms with E-state index in [-0.39, 0.29) is 41.3 Å². The van der Waals surface area contributed by atoms with Gasteiger partial charge >= 0.3 is 5.69 Å². The van der Waals surface area contributed by atoms with E-state index < -0.39 is 44.4 Å². The highest BCUT2D eigenvalue weighted by atomic mass is 33.1. The number of rotatable bonds is 20. The number of hydrogen-bond acceptors (Lipinski definition) is 12. The summed E-state index contributed by atoms with van der Waals surface area (Å²) in [5, 5.41) is 0. The molecule has 1 aromatic carbocycles. The number of nitrogens with zero attached hydrogens (tertiary/aromatic N) is 4. The van der Waals surface area contributed by atoms with Crippen molar-refractivity contribution in [3.05, 3.63) is 68.5 Å². The predicted octanol–water partition coefficient (Wildman–Crippen LogP) is 7.79. The lowest BCUT2D eigenvalue weighted by molar-refractivity contribution is -0.235. The minimum absolute atomic E-state index is 0.0102. The van der Waals surface area contributed by atoms with Crippen LogP contribution < -0.4 is 11.2 Å². The van der Waals surface area contributed by atoms with Crippen LogP contribution in [0.2, 0.25) is 0 Å². The lowest BCUT2D eigenvalue weighted by Gasteiger charge is -2.39. The van der Waals surface area contributed by atoms with Gasteiger partial charge in [0.05, 0.1) is 25.9 Å². The van der Waals surface area contributed by atoms with Gasteiger partial charge in [-0.05, 0) is 86.3 Å². The standard InChI is InChI=1S/C42H67FN5O8PS2/c1-10-42(11-2)27-52-39(53-28-42)33-16-14-32(15-17-33)37(50)46-22-20-45(21-23-46)26-41(8,9)59-58-25-13-12-24-54-57(48(29(3)4)30(5)6)56-36-31(7)55-38(35(36)43)47-19-18-34(49)44-40(47)51/h14-19,29-31,35-36,38-39H,10-13,20-28H2,1-9H3,(H,44,49,51)/i7D. The van der Waals surface area contributed by atoms with Gasteiger partial charge in [0.2, 0.25) is 0 Å². The summed E-state index contributed by atoms with van der Waals surface area (Å²) in [7, 11) is 2.01. The third-order valence-corrected chi connectivity index (χ3v) is 16.7. The van der Waals surface area contributed by atoms with Gasteiger partial charge in [-0.25, -0.2) is 13.9 Å². The first-order chi connectivity index (χ1) is 28.6. The fourth-order valence-electron chi connectivity index (χ4n) is 7.59. The highest BCUT2D eigenvalue weighted by Crippen LogP contribution is 2.50. The van der Waals surface area contributed by atoms with Crippen LogP contribution in [0.4, 0.5) is 4.39 Å². The van der Waals surface area contributed by atoms with E-state index >= 15 is 4.39 Å². The number of H-pyrrole nitrogens is 1. The van der Waals surface area contributed by atoms with E-state index in [1.807, 2.05) is 78.4 Å². The van der Waals surface area contributed by atoms with E-state index in [0.717, 1.165) is 67.3 Å². The van der Waals surface area contributed by atoms with Crippen LogP contribution in [0.3, 0.4) is 0 Å². The summed E-state index contributed by atoms with van der Waals surface area (Å²) in [6.45, 7) is 22.5. The molecule has 0 bridgehead atoms. The largest absolute Gasteiger partial charge is 0.349 e. The molecule has 4 heterocycles. The molecule has 1 N–H and O–H groups in total. The smallest absolute Gasteiger partial charge is 0.330 e. The van der Waals surface area contributed by atoms with Gasteiger partial charge in [0.1, 0.15) is 6.10 Å². The Labute approximate surface area is 360 Å². The zero-order valence-corrected chi connectivity index (χ0v) is 38.6. The molecule has 3 aliphatic rings. The van der Waals surface area contributed by atoms with E-state index in [1.54, 1.807) is 0 Å². The molecule has 17 heteroatoms. The Balaban J connectivity index is 1.02. The number of unbranched alkanes of at least 4 members (excludes halogenated alkanes) is 1. The molecule has 2 aromatic rings. The molecule has 0 radical (unpaired) electrons. The Morgan fingerprint density at radius 3 is 2.31 bits per heavy atom. The van der Waals surface area contributed by atoms with E-state index in [9.17, 15) is 14.4 Å². The number of nitrogens with one attached hydrogen (secondary N) is 1. The highest BCUT2D eigenvalue weighted by Gasteiger charge is 2.48. The van der Waals surface area contributed by atoms with Gasteiger partial charge in [-0.1, -0.05) is 47.6 Å². The third kappa shape index (κ3) is 12.9. The number of alkyl halides is 1. The van der Waals surface area contributed by atoms with Gasteiger partial charge in [-0.3, -0.25) is 24.0 Å². The second-order valence-corrected chi connectivity index (χ2v) is 21.5. The highest BCUT2D eigenvalue weighted by molar-refractivity contribution is 8.77. The van der Waals surface area contributed by atoms with E-state index in [2.05, 4.69) is 42.2 Å². The van der Waals surface area contributed by atoms with Crippen molar-refractivity contribution in [1.82, 2.24) is 24.0 Å². The normalized spacial score (nSPS) is 24.0. The van der Waals surface area contributed by atoms with Crippen molar-refractivity contribution in [3.63, 3.8) is 0 Å². The van der Waals surface area contributed by atoms with Gasteiger partial charge in [0, 0.05) is 85.5 Å². The average Bonchev–Trinajstić information content (AvgIpc) is 3.53. The molecule has 59 heavy (non-hydrogen) atoms. The number of carbonyl (C=O) groups is 1. The minimum atomic E-state index is -1.76. The van der Waals surface area contributed by atoms with Crippen molar-refractivity contribution in [2.24, 2.45) is 5.41 Å². The number of benzene rings is 1. The SMILES string of the molecule is [2H]CC1OC(n2ccc(=O)[nH]c2=O)C(F)C1OP(OCCCCSSC(C)(C)CN1CCN(C(=O)c2ccc(C3OCC(CC)(CC)CO3)cc2)CC1)N(C(C)C)C(C)C. The van der Waals surface area contributed by atoms with Gasteiger partial charge < -0.3 is 28.2 Å². The quantitative estimate of drug-likeness (QED) is 0.0793. The molecule has 1 aromatic heterocycles. The molecule has 0 aliphatic carbocycles. The zero-order chi connectivity index (χ0) is 43.6. The average molecular weight is 885 g/mol. The number of aromatic nitrogens is 2. The number of hydrogen-bond donors (Lipinski definition) is 1. The molecule has 5 unspecified atom stereocenters. The lowest BCUT2D eigenvalue weighted by atomic mass is 9.83. The number of ether oxygens (including phenoxy) is 3. The maximum atomic E-state index is 16.0. The zero-order valence-electron chi connectivity index (χ0n) is 37.1. The molecule has 1 amide bonds. The second kappa shape index (κ2) is 22.0. The molecule has 0 spiro atoms. The molecular formula is C42H67FN5O8PS2. The Bertz CT molecular complexity index is 1750. The molecule has 3 saturated heterocycles. The van der Waals surface area contributed by atoms with Gasteiger partial charge in [0.25, 0.3) is 20.0 Å². The fraction of sp³-hybridized carbons (Fsp3) is 0.738. The van der Waals surface area contributed by atoms with Crippen molar-refractivity contribution in [2.45, 2.75) is 136 Å². The number of amides is 1. The summed E-state index contributed by atoms with van der Waals surface area (Å²) in [5.74, 6) is 0.994. The topological polar surface area (TPSA) is 128 Å². The Kier molecular flexibility index (Phi) is 17.4. The second-order valence-electron chi connectivity index (χ2n) is 17.0. The summed E-state index contributed by atoms with van der Waals surface area (Å²) in [6, 6.07) is 8.90. The van der Waals surface area contributed by atoms with Crippen LogP contribution in [0.25, 0.3) is 0 Å². The Morgan fingerprint density at radius 2 is 1.71 bits per heavy atom. The summed E-state index contributed by atoms with van der Waals surface area (Å²) in [4.78, 5) is 43.9. The molecule has 0 saturated carbocycles. The van der Waals surface area contributed by atoms with Crippen LogP contribution in [0.5, 0.6) is 0 Å². The molecule has 5 atom stereocenters. The number of piperazine rings is 1. The molecule has 5 rings (SSSR count). The van der Waals surface area contributed by atoms with Crippen LogP contribution in [-0.2, 0) is 23.3 Å². The van der Waals surface area contributed by atoms with Crippen molar-refractivity contribution >= 4 is 36.0 Å². The summed E-state index contributed by atoms with van der Waals surface area (Å²) in [6.07, 6.45) is -0.577. The molecule has 3 fully saturated rings. The van der Waals surface area contributed by atoms with Crippen molar-refractivity contribution in [2.75, 3.05) is 58.3 Å². The van der Waals surface area contributed by atoms with Gasteiger partial charge in [-0.15, -0.1) is 0 Å². The fourth-order valence-corrected chi connectivity index (χ4v) is 12.1. The number of carbonyl (C=O) groups excluding carboxylic acids is 1. The van der Waals surface area contributed by atoms with Crippen LogP contribution in [-0.4, -0.2) is 123 Å². The van der Waals surface area contributed by atoms with Crippen molar-refractivity contribution < 1.29 is 33.8 Å². The van der Waals surface area contributed by atoms with Gasteiger partial charge in [-0.2, -0.15) is 0 Å². The van der Waals surface area contributed by atoms with Crippen molar-refractivity contribution in [3.8, 4) is 0 Å². The van der Waals surface area contributed by atoms with E-state index in [4.69, 9.17) is 24.6 Å². The predicted molar refractivity (Wildman–Crippen MR) is 235 cm³/mol. The maximum Gasteiger partial charge on any atom is 0.330 e. The van der Waals surface area contributed by atoms with Crippen LogP contribution in [0.1, 0.15) is 118 Å². The van der Waals surface area contributed by atoms with E-state index in [1.165, 1.54) is 6.20 Å². The van der Waals surface area contributed by atoms with Crippen molar-refractivity contribution in [1.29, 1.82) is 0 Å². The van der Waals surface area contributed by atoms with Crippen LogP contribution in [0, 0.1) is 5.41 Å². The first-order valence-corrected chi connectivity index (χ1v) is 24.5. The molecular weight excluding hydrogens is 817 g/mol. The molecule has 3 aliphatic heterocycles. The number of aromatic amines is 1. The molecule has 13 nitrogen and oxygen atoms in total. The Hall–Kier alpha value is -1.85. The lowest BCUT2D eigenvalue weighted by Crippen LogP contribution is -2.51. The minimum Gasteiger partial charge on any atom is -0.349 e. The Morgan fingerprint density at radius 1 is 1.05 bits per heavy atom. The third-order valence-electron chi connectivity index (χ3n) is 11.2. The van der Waals surface area contributed by atoms with Crippen LogP contribution >= 0.6 is 30.1 Å². The molecule has 332 valence electrons. The monoisotopic (exact) mass is 884 g/mol. The van der Waals surface area contributed by atoms with Gasteiger partial charge in [0.15, 0.2) is 18.7 Å². The first-order valence-electron chi connectivity index (χ1n) is 21.7. The summed E-state index contributed by atoms with van der Waals surface area (Å²) >= 11 is 0. The van der Waals surface area contributed by atoms with Crippen LogP contribution in [0.15, 0.2) is 46.1 Å². The maximum absolute atomic E-state index is 16.0. The van der Waals surface area contributed by atoms with E-state index in [0.29, 0.717) is 38.5 Å². The summed E-state index contributed by atoms with van der Waals surface area (Å²) < 4.78 is 57.8. The summed E-state index contributed by atoms with van der Waals surface area (Å²) in [5.41, 5.74) is 0.334. The number of halogens is 1. The first kappa shape index (κ1) is 46.6.